The third-order valence-corrected chi connectivity index (χ3v) is 8.14. The van der Waals surface area contributed by atoms with Gasteiger partial charge in [-0.3, -0.25) is 0 Å². The molecule has 2 aromatic carbocycles. The van der Waals surface area contributed by atoms with E-state index >= 15 is 13.2 Å². The zero-order valence-electron chi connectivity index (χ0n) is 21.5. The highest BCUT2D eigenvalue weighted by atomic mass is 19.2. The lowest BCUT2D eigenvalue weighted by molar-refractivity contribution is -0.0218. The van der Waals surface area contributed by atoms with Crippen molar-refractivity contribution < 1.29 is 22.3 Å². The molecule has 1 saturated heterocycles. The Bertz CT molecular complexity index is 1050. The Morgan fingerprint density at radius 3 is 2.14 bits per heavy atom. The molecule has 2 atom stereocenters. The van der Waals surface area contributed by atoms with E-state index in [4.69, 9.17) is 4.74 Å². The maximum atomic E-state index is 15.1. The van der Waals surface area contributed by atoms with Crippen LogP contribution in [0.1, 0.15) is 88.7 Å². The van der Waals surface area contributed by atoms with E-state index in [-0.39, 0.29) is 22.6 Å². The number of benzene rings is 2. The molecule has 1 nitrogen and oxygen atoms in total. The van der Waals surface area contributed by atoms with Crippen LogP contribution in [0.25, 0.3) is 11.1 Å². The molecule has 2 fully saturated rings. The summed E-state index contributed by atoms with van der Waals surface area (Å²) >= 11 is 0. The predicted octanol–water partition coefficient (Wildman–Crippen LogP) is 9.29. The van der Waals surface area contributed by atoms with Crippen LogP contribution in [0, 0.1) is 35.1 Å². The van der Waals surface area contributed by atoms with Gasteiger partial charge < -0.3 is 4.74 Å². The molecule has 2 unspecified atom stereocenters. The topological polar surface area (TPSA) is 9.23 Å². The second-order valence-electron chi connectivity index (χ2n) is 10.6. The molecule has 0 bridgehead atoms. The van der Waals surface area contributed by atoms with E-state index in [0.29, 0.717) is 43.0 Å². The molecule has 36 heavy (non-hydrogen) atoms. The van der Waals surface area contributed by atoms with Gasteiger partial charge in [-0.05, 0) is 93.6 Å². The van der Waals surface area contributed by atoms with Crippen LogP contribution in [0.4, 0.5) is 17.6 Å². The number of hydrogen-bond acceptors (Lipinski definition) is 1. The lowest BCUT2D eigenvalue weighted by Gasteiger charge is -2.29. The molecule has 0 spiro atoms. The van der Waals surface area contributed by atoms with Gasteiger partial charge in [0.15, 0.2) is 23.3 Å². The normalized spacial score (nSPS) is 24.9. The molecule has 1 saturated carbocycles. The lowest BCUT2D eigenvalue weighted by atomic mass is 9.78. The van der Waals surface area contributed by atoms with Crippen LogP contribution in [-0.2, 0) is 11.2 Å². The van der Waals surface area contributed by atoms with Crippen molar-refractivity contribution in [2.45, 2.75) is 90.1 Å². The number of aryl methyl sites for hydroxylation is 1. The van der Waals surface area contributed by atoms with E-state index in [0.717, 1.165) is 51.4 Å². The van der Waals surface area contributed by atoms with Crippen molar-refractivity contribution in [3.63, 3.8) is 0 Å². The van der Waals surface area contributed by atoms with Crippen LogP contribution in [0.3, 0.4) is 0 Å². The summed E-state index contributed by atoms with van der Waals surface area (Å²) in [5.41, 5.74) is 0.134. The van der Waals surface area contributed by atoms with Gasteiger partial charge in [0.1, 0.15) is 0 Å². The fourth-order valence-corrected chi connectivity index (χ4v) is 5.97. The van der Waals surface area contributed by atoms with Crippen molar-refractivity contribution in [3.05, 3.63) is 70.8 Å². The highest BCUT2D eigenvalue weighted by Crippen LogP contribution is 2.40. The number of rotatable bonds is 8. The summed E-state index contributed by atoms with van der Waals surface area (Å²) in [6, 6.07) is 5.83. The van der Waals surface area contributed by atoms with Gasteiger partial charge in [-0.1, -0.05) is 49.8 Å². The summed E-state index contributed by atoms with van der Waals surface area (Å²) in [5.74, 6) is -3.38. The van der Waals surface area contributed by atoms with E-state index < -0.39 is 23.3 Å². The van der Waals surface area contributed by atoms with E-state index in [1.165, 1.54) is 18.2 Å². The Morgan fingerprint density at radius 1 is 0.806 bits per heavy atom. The summed E-state index contributed by atoms with van der Waals surface area (Å²) in [6.45, 7) is 4.78. The van der Waals surface area contributed by atoms with Gasteiger partial charge in [-0.25, -0.2) is 17.6 Å². The lowest BCUT2D eigenvalue weighted by Crippen LogP contribution is -2.26. The first-order valence-electron chi connectivity index (χ1n) is 13.6. The molecule has 2 aromatic rings. The molecule has 5 heteroatoms. The van der Waals surface area contributed by atoms with Crippen LogP contribution < -0.4 is 0 Å². The van der Waals surface area contributed by atoms with Gasteiger partial charge in [0.2, 0.25) is 0 Å². The van der Waals surface area contributed by atoms with E-state index in [1.807, 2.05) is 13.0 Å². The first-order valence-corrected chi connectivity index (χ1v) is 13.6. The zero-order valence-corrected chi connectivity index (χ0v) is 21.5. The van der Waals surface area contributed by atoms with Crippen molar-refractivity contribution in [2.75, 3.05) is 6.61 Å². The van der Waals surface area contributed by atoms with Crippen molar-refractivity contribution >= 4 is 0 Å². The van der Waals surface area contributed by atoms with Gasteiger partial charge in [0.05, 0.1) is 6.10 Å². The first-order chi connectivity index (χ1) is 17.4. The summed E-state index contributed by atoms with van der Waals surface area (Å²) < 4.78 is 66.0. The highest BCUT2D eigenvalue weighted by molar-refractivity contribution is 5.66. The molecule has 0 amide bonds. The van der Waals surface area contributed by atoms with Gasteiger partial charge in [-0.2, -0.15) is 0 Å². The average Bonchev–Trinajstić information content (AvgIpc) is 2.89. The van der Waals surface area contributed by atoms with Crippen molar-refractivity contribution in [1.29, 1.82) is 0 Å². The number of allylic oxidation sites excluding steroid dienone is 2. The Morgan fingerprint density at radius 2 is 1.50 bits per heavy atom. The fourth-order valence-electron chi connectivity index (χ4n) is 5.97. The quantitative estimate of drug-likeness (QED) is 0.258. The molecular weight excluding hydrogens is 464 g/mol. The number of ether oxygens (including phenoxy) is 1. The summed E-state index contributed by atoms with van der Waals surface area (Å²) in [5, 5.41) is 0. The van der Waals surface area contributed by atoms with Crippen LogP contribution in [0.2, 0.25) is 0 Å². The fraction of sp³-hybridized carbons (Fsp3) is 0.548. The molecule has 0 aromatic heterocycles. The third kappa shape index (κ3) is 6.04. The molecule has 1 heterocycles. The van der Waals surface area contributed by atoms with E-state index in [1.54, 1.807) is 6.07 Å². The van der Waals surface area contributed by atoms with Gasteiger partial charge in [-0.15, -0.1) is 0 Å². The number of halogens is 4. The van der Waals surface area contributed by atoms with Gasteiger partial charge in [0.25, 0.3) is 0 Å². The zero-order chi connectivity index (χ0) is 25.7. The van der Waals surface area contributed by atoms with Crippen LogP contribution in [-0.4, -0.2) is 12.7 Å². The molecule has 1 aliphatic carbocycles. The number of hydrogen-bond donors (Lipinski definition) is 0. The minimum absolute atomic E-state index is 0.0555. The molecule has 4 rings (SSSR count). The van der Waals surface area contributed by atoms with Crippen molar-refractivity contribution in [2.24, 2.45) is 11.8 Å². The second-order valence-corrected chi connectivity index (χ2v) is 10.6. The molecule has 0 radical (unpaired) electrons. The van der Waals surface area contributed by atoms with Gasteiger partial charge in [0, 0.05) is 17.7 Å². The Hall–Kier alpha value is -2.14. The molecule has 2 aliphatic rings. The monoisotopic (exact) mass is 502 g/mol. The largest absolute Gasteiger partial charge is 0.378 e. The maximum absolute atomic E-state index is 15.1. The van der Waals surface area contributed by atoms with Crippen molar-refractivity contribution in [3.8, 4) is 11.1 Å². The standard InChI is InChI=1S/C31H38F4O/c1-3-5-20-7-11-22(12-8-20)25-17-18-27(31(35)29(25)33)26-16-14-23(28(32)30(26)34)13-9-21-10-15-24(6-4-2)36-19-21/h3,5,14,16-18,20-22,24H,4,6-13,15,19H2,1-2H3. The predicted molar refractivity (Wildman–Crippen MR) is 137 cm³/mol. The summed E-state index contributed by atoms with van der Waals surface area (Å²) in [6.07, 6.45) is 13.3. The molecule has 1 aliphatic heterocycles. The van der Waals surface area contributed by atoms with E-state index in [9.17, 15) is 4.39 Å². The van der Waals surface area contributed by atoms with Crippen LogP contribution in [0.15, 0.2) is 36.4 Å². The summed E-state index contributed by atoms with van der Waals surface area (Å²) in [4.78, 5) is 0. The van der Waals surface area contributed by atoms with Crippen LogP contribution in [0.5, 0.6) is 0 Å². The van der Waals surface area contributed by atoms with Crippen molar-refractivity contribution in [1.82, 2.24) is 0 Å². The first kappa shape index (κ1) is 26.9. The minimum atomic E-state index is -1.12. The average molecular weight is 503 g/mol. The Kier molecular flexibility index (Phi) is 9.27. The highest BCUT2D eigenvalue weighted by Gasteiger charge is 2.27. The summed E-state index contributed by atoms with van der Waals surface area (Å²) in [7, 11) is 0. The molecule has 0 N–H and O–H groups in total. The Balaban J connectivity index is 1.44. The van der Waals surface area contributed by atoms with Crippen LogP contribution >= 0.6 is 0 Å². The molecular formula is C31H38F4O. The SMILES string of the molecule is CC=CC1CCC(c2ccc(-c3ccc(CCC4CCC(CCC)OC4)c(F)c3F)c(F)c2F)CC1. The third-order valence-electron chi connectivity index (χ3n) is 8.14. The molecule has 196 valence electrons. The second kappa shape index (κ2) is 12.4. The van der Waals surface area contributed by atoms with Gasteiger partial charge >= 0.3 is 0 Å². The minimum Gasteiger partial charge on any atom is -0.378 e. The maximum Gasteiger partial charge on any atom is 0.167 e. The smallest absolute Gasteiger partial charge is 0.167 e. The Labute approximate surface area is 212 Å². The van der Waals surface area contributed by atoms with E-state index in [2.05, 4.69) is 13.0 Å².